The van der Waals surface area contributed by atoms with Crippen LogP contribution < -0.4 is 0 Å². The zero-order valence-electron chi connectivity index (χ0n) is 43.3. The predicted octanol–water partition coefficient (Wildman–Crippen LogP) is -12.9. The Balaban J connectivity index is 1.09. The first-order valence-corrected chi connectivity index (χ1v) is 29.9. The fourth-order valence-electron chi connectivity index (χ4n) is 10.8. The normalized spacial score (nSPS) is 53.2. The van der Waals surface area contributed by atoms with Crippen molar-refractivity contribution in [2.24, 2.45) is 0 Å². The van der Waals surface area contributed by atoms with E-state index in [1.54, 1.807) is 0 Å². The summed E-state index contributed by atoms with van der Waals surface area (Å²) in [4.78, 5) is 0. The van der Waals surface area contributed by atoms with E-state index in [1.165, 1.54) is 0 Å². The SMILES string of the molecule is CCCC[Te]C[C@H]1O[C@@H]2O[C@H]3[C@@H](O)[C@@H](O)[C@@H](O[C@H]4[C@H](O)[C@H](O)[C@@H](O[C@H]5[C@H](O)[C@@H](O)[C@@H](O[C@H]6[C@H](O)[C@@H](O)[C@@H](O[C@H]7[C@H](O)[C@@H](O)[C@@H](O[C@H]8[C@H](O)[C@@H](O)[C@@H](O[C@H]1[C@H](O)[C@H]2O)O[C@@H]8CO)O[C@@H]7CO)O[C@@H]6CO)O[C@@H]5CO)O[C@@H]4CO)O[C@@H]3CO. The molecule has 0 unspecified atom stereocenters. The summed E-state index contributed by atoms with van der Waals surface area (Å²) in [7, 11) is 0. The summed E-state index contributed by atoms with van der Waals surface area (Å²) < 4.78 is 82.3. The molecular weight excluding hydrogens is 1220 g/mol. The summed E-state index contributed by atoms with van der Waals surface area (Å²) in [6, 6.07) is 0. The quantitative estimate of drug-likeness (QED) is 0.0675. The van der Waals surface area contributed by atoms with Gasteiger partial charge in [0.05, 0.1) is 26.4 Å². The Morgan fingerprint density at radius 1 is 0.247 bits per heavy atom. The van der Waals surface area contributed by atoms with Crippen molar-refractivity contribution in [3.8, 4) is 0 Å². The molecule has 0 aromatic carbocycles. The summed E-state index contributed by atoms with van der Waals surface area (Å²) in [5.41, 5.74) is 0. The maximum atomic E-state index is 11.7. The molecule has 472 valence electrons. The number of unbranched alkanes of at least 4 members (excludes halogenated alkanes) is 1. The number of ether oxygens (including phenoxy) is 14. The van der Waals surface area contributed by atoms with E-state index in [9.17, 15) is 102 Å². The van der Waals surface area contributed by atoms with Crippen molar-refractivity contribution in [3.63, 3.8) is 0 Å². The van der Waals surface area contributed by atoms with Gasteiger partial charge in [0.15, 0.2) is 18.9 Å². The fraction of sp³-hybridized carbons (Fsp3) is 1.00. The molecule has 21 fully saturated rings. The van der Waals surface area contributed by atoms with E-state index in [1.807, 2.05) is 6.92 Å². The summed E-state index contributed by atoms with van der Waals surface area (Å²) >= 11 is -0.976. The van der Waals surface area contributed by atoms with Crippen LogP contribution in [0, 0.1) is 0 Å². The van der Waals surface area contributed by atoms with E-state index in [-0.39, 0.29) is 4.47 Å². The van der Waals surface area contributed by atoms with E-state index in [4.69, 9.17) is 66.3 Å². The van der Waals surface area contributed by atoms with Gasteiger partial charge in [0, 0.05) is 0 Å². The zero-order chi connectivity index (χ0) is 58.9. The van der Waals surface area contributed by atoms with Gasteiger partial charge in [-0.2, -0.15) is 0 Å². The zero-order valence-corrected chi connectivity index (χ0v) is 45.7. The molecule has 0 aromatic heterocycles. The fourth-order valence-corrected chi connectivity index (χ4v) is 14.2. The molecule has 21 heterocycles. The van der Waals surface area contributed by atoms with Gasteiger partial charge < -0.3 is 84.6 Å². The van der Waals surface area contributed by atoms with Gasteiger partial charge >= 0.3 is 282 Å². The Kier molecular flexibility index (Phi) is 23.9. The van der Waals surface area contributed by atoms with Crippen LogP contribution >= 0.6 is 0 Å². The topological polar surface area (TPSA) is 534 Å². The number of hydrogen-bond donors (Lipinski definition) is 20. The van der Waals surface area contributed by atoms with E-state index >= 15 is 0 Å². The summed E-state index contributed by atoms with van der Waals surface area (Å²) in [5, 5.41) is 223. The van der Waals surface area contributed by atoms with Crippen molar-refractivity contribution in [1.29, 1.82) is 0 Å². The molecule has 21 rings (SSSR count). The van der Waals surface area contributed by atoms with Crippen LogP contribution in [-0.4, -0.2) is 378 Å². The summed E-state index contributed by atoms with van der Waals surface area (Å²) in [6.07, 6.45) is -66.2. The molecule has 35 heteroatoms. The summed E-state index contributed by atoms with van der Waals surface area (Å²) in [6.45, 7) is -4.12. The van der Waals surface area contributed by atoms with Gasteiger partial charge in [0.25, 0.3) is 0 Å². The first kappa shape index (κ1) is 66.4. The molecular formula is C46H78O34Te. The van der Waals surface area contributed by atoms with Gasteiger partial charge in [0.1, 0.15) is 61.0 Å². The van der Waals surface area contributed by atoms with Crippen LogP contribution in [0.1, 0.15) is 19.8 Å². The number of rotatable bonds is 11. The molecule has 21 aliphatic rings. The van der Waals surface area contributed by atoms with Gasteiger partial charge in [-0.25, -0.2) is 0 Å². The van der Waals surface area contributed by atoms with Gasteiger partial charge in [-0.05, 0) is 0 Å². The molecule has 34 nitrogen and oxygen atoms in total. The second-order valence-corrected chi connectivity index (χ2v) is 24.2. The van der Waals surface area contributed by atoms with Crippen molar-refractivity contribution in [1.82, 2.24) is 0 Å². The van der Waals surface area contributed by atoms with Crippen molar-refractivity contribution in [3.05, 3.63) is 0 Å². The van der Waals surface area contributed by atoms with Crippen molar-refractivity contribution < 1.29 is 168 Å². The van der Waals surface area contributed by atoms with E-state index in [2.05, 4.69) is 0 Å². The van der Waals surface area contributed by atoms with Gasteiger partial charge in [-0.1, -0.05) is 0 Å². The minimum atomic E-state index is -2.20. The molecule has 14 bridgehead atoms. The third-order valence-electron chi connectivity index (χ3n) is 15.5. The number of aliphatic hydroxyl groups excluding tert-OH is 20. The molecule has 0 saturated carbocycles. The van der Waals surface area contributed by atoms with Crippen LogP contribution in [0.5, 0.6) is 0 Å². The third-order valence-corrected chi connectivity index (χ3v) is 18.8. The third kappa shape index (κ3) is 13.8. The number of aliphatic hydroxyl groups is 20. The van der Waals surface area contributed by atoms with Crippen molar-refractivity contribution >= 4 is 20.9 Å². The first-order valence-electron chi connectivity index (χ1n) is 26.6. The van der Waals surface area contributed by atoms with Crippen LogP contribution in [0.4, 0.5) is 0 Å². The molecule has 81 heavy (non-hydrogen) atoms. The van der Waals surface area contributed by atoms with Crippen molar-refractivity contribution in [2.45, 2.75) is 244 Å². The Bertz CT molecular complexity index is 1890. The average Bonchev–Trinajstić information content (AvgIpc) is 3.47. The summed E-state index contributed by atoms with van der Waals surface area (Å²) in [5.74, 6) is 0. The monoisotopic (exact) mass is 1300 g/mol. The Morgan fingerprint density at radius 2 is 0.420 bits per heavy atom. The minimum absolute atomic E-state index is 0.194. The van der Waals surface area contributed by atoms with Crippen LogP contribution in [0.15, 0.2) is 0 Å². The molecule has 0 amide bonds. The van der Waals surface area contributed by atoms with Crippen LogP contribution in [0.2, 0.25) is 8.94 Å². The van der Waals surface area contributed by atoms with E-state index < -0.39 is 276 Å². The van der Waals surface area contributed by atoms with Gasteiger partial charge in [-0.15, -0.1) is 0 Å². The Hall–Kier alpha value is -0.570. The second kappa shape index (κ2) is 29.2. The number of hydrogen-bond acceptors (Lipinski definition) is 34. The van der Waals surface area contributed by atoms with E-state index in [0.717, 1.165) is 17.3 Å². The second-order valence-electron chi connectivity index (χ2n) is 20.9. The van der Waals surface area contributed by atoms with Gasteiger partial charge in [0.2, 0.25) is 0 Å². The van der Waals surface area contributed by atoms with E-state index in [0.29, 0.717) is 0 Å². The first-order chi connectivity index (χ1) is 38.7. The van der Waals surface area contributed by atoms with Crippen LogP contribution in [0.25, 0.3) is 0 Å². The van der Waals surface area contributed by atoms with Crippen molar-refractivity contribution in [2.75, 3.05) is 39.6 Å². The molecule has 0 spiro atoms. The van der Waals surface area contributed by atoms with Gasteiger partial charge in [-0.3, -0.25) is 0 Å². The molecule has 0 aliphatic carbocycles. The van der Waals surface area contributed by atoms with Crippen LogP contribution in [0.3, 0.4) is 0 Å². The molecule has 0 aromatic rings. The Labute approximate surface area is 471 Å². The average molecular weight is 1300 g/mol. The molecule has 20 N–H and O–H groups in total. The predicted molar refractivity (Wildman–Crippen MR) is 252 cm³/mol. The molecule has 21 aliphatic heterocycles. The maximum absolute atomic E-state index is 11.7. The standard InChI is InChI=1S/C46H78O34Te/c1-2-3-4-81-11-18-39-25(59)32(66)46(73-18)79-38-17(10-52)71-44(30(64)23(38)57)77-36-15(8-50)69-42(28(62)21(36)55)75-34-13(6-48)67-40(26(60)19(34)53)74-33-12(5-47)68-41(27(61)20(33)54)76-35-14(7-49)70-43(29(63)22(35)56)78-37-16(9-51)72-45(80-39)31(65)24(37)58/h12-66H,2-11H2,1H3/t12-,13-,14-,15-,16-,17-,18-,19-,20-,21-,22-,23+,24-,25-,26-,27-,28+,29-,30-,31-,32-,33-,34-,35-,36-,37-,38-,39-,40-,41-,42-,43-,44-,45-,46-/m1/s1. The molecule has 21 saturated heterocycles. The van der Waals surface area contributed by atoms with Crippen LogP contribution in [-0.2, 0) is 66.3 Å². The molecule has 35 atom stereocenters. The Morgan fingerprint density at radius 3 is 0.593 bits per heavy atom. The molecule has 0 radical (unpaired) electrons.